The Morgan fingerprint density at radius 3 is 2.73 bits per heavy atom. The Labute approximate surface area is 228 Å². The summed E-state index contributed by atoms with van der Waals surface area (Å²) in [5.74, 6) is -0.0479. The Morgan fingerprint density at radius 2 is 1.98 bits per heavy atom. The summed E-state index contributed by atoms with van der Waals surface area (Å²) in [6.45, 7) is 4.63. The molecule has 2 aromatic heterocycles. The molecule has 1 amide bonds. The molecule has 0 radical (unpaired) electrons. The van der Waals surface area contributed by atoms with Crippen LogP contribution in [-0.2, 0) is 19.6 Å². The van der Waals surface area contributed by atoms with Crippen molar-refractivity contribution in [2.75, 3.05) is 0 Å². The molecular weight excluding hydrogens is 513 g/mol. The number of hydrogen-bond acceptors (Lipinski definition) is 6. The number of nitrogens with zero attached hydrogens (tertiary/aromatic N) is 3. The van der Waals surface area contributed by atoms with Gasteiger partial charge in [0.1, 0.15) is 29.5 Å². The zero-order valence-corrected chi connectivity index (χ0v) is 22.0. The van der Waals surface area contributed by atoms with Crippen LogP contribution in [0.15, 0.2) is 63.9 Å². The number of aromatic nitrogens is 4. The van der Waals surface area contributed by atoms with Crippen LogP contribution in [0.4, 0.5) is 4.39 Å². The number of aromatic amines is 1. The average Bonchev–Trinajstić information content (AvgIpc) is 3.48. The van der Waals surface area contributed by atoms with Crippen molar-refractivity contribution in [2.24, 2.45) is 5.73 Å². The maximum atomic E-state index is 14.2. The molecular formula is C30H26FN5O4. The van der Waals surface area contributed by atoms with Gasteiger partial charge >= 0.3 is 5.76 Å². The summed E-state index contributed by atoms with van der Waals surface area (Å²) < 4.78 is 27.1. The predicted molar refractivity (Wildman–Crippen MR) is 147 cm³/mol. The molecule has 0 unspecified atom stereocenters. The van der Waals surface area contributed by atoms with Crippen LogP contribution in [0.2, 0.25) is 0 Å². The largest absolute Gasteiger partial charge is 0.488 e. The molecule has 0 bridgehead atoms. The van der Waals surface area contributed by atoms with Gasteiger partial charge in [0.05, 0.1) is 11.1 Å². The molecule has 1 aliphatic heterocycles. The molecule has 3 aromatic carbocycles. The Morgan fingerprint density at radius 1 is 1.15 bits per heavy atom. The van der Waals surface area contributed by atoms with Gasteiger partial charge in [-0.1, -0.05) is 30.3 Å². The molecule has 5 aromatic rings. The molecule has 0 aliphatic carbocycles. The third-order valence-electron chi connectivity index (χ3n) is 7.14. The standard InChI is InChI=1S/C30H26FN5O4/c1-3-5-25-33-27-22(28(32)37)6-4-7-23(27)36(25)14-17-8-10-20-18(12-17)15-39-24-13-19(31)9-11-21(24)26(20)16(2)29-34-30(38)40-35-29/h4,6-13H,3,5,14-15H2,1-2H3,(H2,32,37)(H,34,35,38)/b26-16+. The number of carbonyl (C=O) groups excluding carboxylic acids is 1. The third-order valence-corrected chi connectivity index (χ3v) is 7.14. The van der Waals surface area contributed by atoms with Gasteiger partial charge in [0, 0.05) is 30.2 Å². The van der Waals surface area contributed by atoms with E-state index in [1.165, 1.54) is 12.1 Å². The van der Waals surface area contributed by atoms with Crippen molar-refractivity contribution in [3.8, 4) is 5.75 Å². The van der Waals surface area contributed by atoms with E-state index < -0.39 is 17.5 Å². The highest BCUT2D eigenvalue weighted by molar-refractivity contribution is 6.04. The minimum Gasteiger partial charge on any atom is -0.488 e. The Bertz CT molecular complexity index is 1880. The van der Waals surface area contributed by atoms with E-state index in [-0.39, 0.29) is 12.4 Å². The van der Waals surface area contributed by atoms with E-state index in [4.69, 9.17) is 20.0 Å². The van der Waals surface area contributed by atoms with Crippen molar-refractivity contribution < 1.29 is 18.4 Å². The van der Waals surface area contributed by atoms with Crippen LogP contribution in [0.5, 0.6) is 5.75 Å². The van der Waals surface area contributed by atoms with Gasteiger partial charge in [0.2, 0.25) is 0 Å². The van der Waals surface area contributed by atoms with Crippen molar-refractivity contribution in [1.82, 2.24) is 19.7 Å². The van der Waals surface area contributed by atoms with E-state index in [9.17, 15) is 14.0 Å². The number of H-pyrrole nitrogens is 1. The molecule has 3 N–H and O–H groups in total. The zero-order valence-electron chi connectivity index (χ0n) is 22.0. The monoisotopic (exact) mass is 539 g/mol. The first-order valence-corrected chi connectivity index (χ1v) is 12.9. The quantitative estimate of drug-likeness (QED) is 0.318. The van der Waals surface area contributed by atoms with Crippen LogP contribution in [0, 0.1) is 5.82 Å². The van der Waals surface area contributed by atoms with Crippen LogP contribution in [0.1, 0.15) is 64.5 Å². The number of carbonyl (C=O) groups is 1. The van der Waals surface area contributed by atoms with Gasteiger partial charge in [-0.2, -0.15) is 0 Å². The van der Waals surface area contributed by atoms with Gasteiger partial charge in [0.25, 0.3) is 5.91 Å². The van der Waals surface area contributed by atoms with Crippen molar-refractivity contribution in [3.63, 3.8) is 0 Å². The van der Waals surface area contributed by atoms with Gasteiger partial charge in [-0.25, -0.2) is 14.2 Å². The molecule has 6 rings (SSSR count). The van der Waals surface area contributed by atoms with E-state index in [0.717, 1.165) is 46.4 Å². The smallest absolute Gasteiger partial charge is 0.439 e. The summed E-state index contributed by atoms with van der Waals surface area (Å²) in [4.78, 5) is 31.1. The molecule has 1 aliphatic rings. The van der Waals surface area contributed by atoms with Crippen molar-refractivity contribution >= 4 is 28.1 Å². The fourth-order valence-electron chi connectivity index (χ4n) is 5.31. The lowest BCUT2D eigenvalue weighted by molar-refractivity contribution is 0.100. The SMILES string of the molecule is CCCc1nc2c(C(N)=O)cccc2n1Cc1ccc2c(c1)COc1cc(F)ccc1/C2=C(\C)c1noc(=O)[nH]1. The second kappa shape index (κ2) is 9.96. The van der Waals surface area contributed by atoms with Crippen LogP contribution in [-0.4, -0.2) is 25.6 Å². The highest BCUT2D eigenvalue weighted by atomic mass is 19.1. The summed E-state index contributed by atoms with van der Waals surface area (Å²) in [5.41, 5.74) is 12.3. The minimum absolute atomic E-state index is 0.212. The lowest BCUT2D eigenvalue weighted by Crippen LogP contribution is -2.11. The Balaban J connectivity index is 1.48. The van der Waals surface area contributed by atoms with Crippen LogP contribution >= 0.6 is 0 Å². The fourth-order valence-corrected chi connectivity index (χ4v) is 5.31. The number of halogens is 1. The molecule has 0 saturated carbocycles. The highest BCUT2D eigenvalue weighted by Gasteiger charge is 2.24. The van der Waals surface area contributed by atoms with Gasteiger partial charge < -0.3 is 15.0 Å². The zero-order chi connectivity index (χ0) is 28.0. The number of aryl methyl sites for hydroxylation is 1. The normalized spacial score (nSPS) is 13.9. The third kappa shape index (κ3) is 4.37. The number of amides is 1. The second-order valence-corrected chi connectivity index (χ2v) is 9.77. The number of nitrogens with one attached hydrogen (secondary N) is 1. The van der Waals surface area contributed by atoms with Gasteiger partial charge in [0.15, 0.2) is 5.82 Å². The predicted octanol–water partition coefficient (Wildman–Crippen LogP) is 4.82. The first-order chi connectivity index (χ1) is 19.3. The molecule has 3 heterocycles. The average molecular weight is 540 g/mol. The number of hydrogen-bond donors (Lipinski definition) is 2. The van der Waals surface area contributed by atoms with E-state index in [1.54, 1.807) is 12.1 Å². The molecule has 0 saturated heterocycles. The summed E-state index contributed by atoms with van der Waals surface area (Å²) >= 11 is 0. The van der Waals surface area contributed by atoms with Crippen molar-refractivity contribution in [3.05, 3.63) is 110 Å². The van der Waals surface area contributed by atoms with Crippen LogP contribution in [0.25, 0.3) is 22.2 Å². The van der Waals surface area contributed by atoms with E-state index in [1.807, 2.05) is 31.2 Å². The molecule has 40 heavy (non-hydrogen) atoms. The molecule has 9 nitrogen and oxygen atoms in total. The number of ether oxygens (including phenoxy) is 1. The summed E-state index contributed by atoms with van der Waals surface area (Å²) in [7, 11) is 0. The number of imidazole rings is 1. The van der Waals surface area contributed by atoms with Crippen LogP contribution in [0.3, 0.4) is 0 Å². The summed E-state index contributed by atoms with van der Waals surface area (Å²) in [5, 5.41) is 3.87. The summed E-state index contributed by atoms with van der Waals surface area (Å²) in [6, 6.07) is 15.9. The van der Waals surface area contributed by atoms with Crippen molar-refractivity contribution in [1.29, 1.82) is 0 Å². The molecule has 0 fully saturated rings. The fraction of sp³-hybridized carbons (Fsp3) is 0.200. The highest BCUT2D eigenvalue weighted by Crippen LogP contribution is 2.41. The number of nitrogens with two attached hydrogens (primary N) is 1. The number of benzene rings is 3. The molecule has 0 spiro atoms. The van der Waals surface area contributed by atoms with Gasteiger partial charge in [-0.15, -0.1) is 0 Å². The maximum absolute atomic E-state index is 14.2. The lowest BCUT2D eigenvalue weighted by Gasteiger charge is -2.15. The Kier molecular flexibility index (Phi) is 6.30. The summed E-state index contributed by atoms with van der Waals surface area (Å²) in [6.07, 6.45) is 1.63. The number of allylic oxidation sites excluding steroid dienone is 1. The number of primary amides is 1. The topological polar surface area (TPSA) is 129 Å². The minimum atomic E-state index is -0.662. The van der Waals surface area contributed by atoms with Gasteiger partial charge in [-0.05, 0) is 65.9 Å². The molecule has 0 atom stereocenters. The first kappa shape index (κ1) is 25.3. The number of rotatable bonds is 6. The number of para-hydroxylation sites is 1. The first-order valence-electron chi connectivity index (χ1n) is 12.9. The Hall–Kier alpha value is -4.99. The maximum Gasteiger partial charge on any atom is 0.439 e. The lowest BCUT2D eigenvalue weighted by atomic mass is 9.89. The van der Waals surface area contributed by atoms with Crippen molar-refractivity contribution in [2.45, 2.75) is 39.8 Å². The molecule has 202 valence electrons. The van der Waals surface area contributed by atoms with Crippen LogP contribution < -0.4 is 16.2 Å². The molecule has 10 heteroatoms. The second-order valence-electron chi connectivity index (χ2n) is 9.77. The van der Waals surface area contributed by atoms with E-state index in [0.29, 0.717) is 34.5 Å². The number of fused-ring (bicyclic) bond motifs is 3. The van der Waals surface area contributed by atoms with Gasteiger partial charge in [-0.3, -0.25) is 14.3 Å². The van der Waals surface area contributed by atoms with E-state index in [2.05, 4.69) is 27.7 Å². The van der Waals surface area contributed by atoms with E-state index >= 15 is 0 Å².